The van der Waals surface area contributed by atoms with Gasteiger partial charge in [-0.2, -0.15) is 9.98 Å². The van der Waals surface area contributed by atoms with Gasteiger partial charge < -0.3 is 0 Å². The molecule has 1 heterocycles. The number of hydrogen-bond donors (Lipinski definition) is 1. The highest BCUT2D eigenvalue weighted by atomic mass is 32.2. The van der Waals surface area contributed by atoms with Gasteiger partial charge in [-0.1, -0.05) is 13.0 Å². The van der Waals surface area contributed by atoms with Crippen LogP contribution in [0.15, 0.2) is 41.4 Å². The molecule has 0 aliphatic carbocycles. The second-order valence-corrected chi connectivity index (χ2v) is 6.38. The van der Waals surface area contributed by atoms with E-state index in [0.717, 1.165) is 0 Å². The standard InChI is InChI=1S/C14H15N3O2S/c1-3-14(2,10-15)17-20(18,19)13-8-4-7-12-11(13)6-5-9-16-12/h4-9,17H,3H2,1-2H3. The van der Waals surface area contributed by atoms with Crippen LogP contribution in [-0.4, -0.2) is 18.9 Å². The van der Waals surface area contributed by atoms with E-state index in [9.17, 15) is 8.42 Å². The van der Waals surface area contributed by atoms with E-state index < -0.39 is 15.6 Å². The Morgan fingerprint density at radius 3 is 2.75 bits per heavy atom. The van der Waals surface area contributed by atoms with Gasteiger partial charge in [0, 0.05) is 11.6 Å². The van der Waals surface area contributed by atoms with E-state index in [0.29, 0.717) is 17.3 Å². The Labute approximate surface area is 118 Å². The van der Waals surface area contributed by atoms with Crippen molar-refractivity contribution in [3.8, 4) is 6.07 Å². The summed E-state index contributed by atoms with van der Waals surface area (Å²) in [5, 5.41) is 9.66. The maximum absolute atomic E-state index is 12.5. The first-order valence-corrected chi connectivity index (χ1v) is 7.69. The number of nitrogens with one attached hydrogen (secondary N) is 1. The van der Waals surface area contributed by atoms with Crippen LogP contribution in [0, 0.1) is 11.3 Å². The molecule has 20 heavy (non-hydrogen) atoms. The molecule has 0 aliphatic heterocycles. The first kappa shape index (κ1) is 14.4. The van der Waals surface area contributed by atoms with Crippen LogP contribution in [0.4, 0.5) is 0 Å². The van der Waals surface area contributed by atoms with Crippen molar-refractivity contribution >= 4 is 20.9 Å². The Hall–Kier alpha value is -1.97. The number of sulfonamides is 1. The van der Waals surface area contributed by atoms with E-state index in [2.05, 4.69) is 9.71 Å². The molecule has 0 spiro atoms. The fraction of sp³-hybridized carbons (Fsp3) is 0.286. The second-order valence-electron chi connectivity index (χ2n) is 4.73. The molecular formula is C14H15N3O2S. The highest BCUT2D eigenvalue weighted by Crippen LogP contribution is 2.23. The predicted octanol–water partition coefficient (Wildman–Crippen LogP) is 2.21. The number of benzene rings is 1. The van der Waals surface area contributed by atoms with Crippen molar-refractivity contribution in [2.75, 3.05) is 0 Å². The largest absolute Gasteiger partial charge is 0.256 e. The van der Waals surface area contributed by atoms with E-state index in [1.807, 2.05) is 6.07 Å². The molecule has 0 fully saturated rings. The molecule has 0 bridgehead atoms. The van der Waals surface area contributed by atoms with Crippen LogP contribution >= 0.6 is 0 Å². The molecule has 5 nitrogen and oxygen atoms in total. The minimum atomic E-state index is -3.78. The van der Waals surface area contributed by atoms with E-state index in [-0.39, 0.29) is 4.90 Å². The van der Waals surface area contributed by atoms with E-state index >= 15 is 0 Å². The normalized spacial score (nSPS) is 14.7. The van der Waals surface area contributed by atoms with Crippen molar-refractivity contribution in [3.63, 3.8) is 0 Å². The van der Waals surface area contributed by atoms with Gasteiger partial charge in [-0.3, -0.25) is 4.98 Å². The van der Waals surface area contributed by atoms with Crippen LogP contribution < -0.4 is 4.72 Å². The summed E-state index contributed by atoms with van der Waals surface area (Å²) in [6.45, 7) is 3.32. The van der Waals surface area contributed by atoms with Gasteiger partial charge in [-0.15, -0.1) is 0 Å². The lowest BCUT2D eigenvalue weighted by Crippen LogP contribution is -2.44. The van der Waals surface area contributed by atoms with Crippen molar-refractivity contribution in [1.29, 1.82) is 5.26 Å². The summed E-state index contributed by atoms with van der Waals surface area (Å²) in [4.78, 5) is 4.27. The third-order valence-corrected chi connectivity index (χ3v) is 4.86. The third kappa shape index (κ3) is 2.64. The number of fused-ring (bicyclic) bond motifs is 1. The summed E-state index contributed by atoms with van der Waals surface area (Å²) in [5.41, 5.74) is -0.519. The fourth-order valence-electron chi connectivity index (χ4n) is 1.84. The van der Waals surface area contributed by atoms with Gasteiger partial charge in [-0.25, -0.2) is 8.42 Å². The zero-order valence-electron chi connectivity index (χ0n) is 11.3. The van der Waals surface area contributed by atoms with Crippen LogP contribution in [-0.2, 0) is 10.0 Å². The van der Waals surface area contributed by atoms with E-state index in [4.69, 9.17) is 5.26 Å². The van der Waals surface area contributed by atoms with Crippen LogP contribution in [0.5, 0.6) is 0 Å². The average Bonchev–Trinajstić information content (AvgIpc) is 2.46. The molecule has 0 aliphatic rings. The Balaban J connectivity index is 2.56. The monoisotopic (exact) mass is 289 g/mol. The molecule has 1 unspecified atom stereocenters. The average molecular weight is 289 g/mol. The Bertz CT molecular complexity index is 775. The van der Waals surface area contributed by atoms with Crippen molar-refractivity contribution < 1.29 is 8.42 Å². The van der Waals surface area contributed by atoms with Crippen molar-refractivity contribution in [2.45, 2.75) is 30.7 Å². The topological polar surface area (TPSA) is 82.9 Å². The van der Waals surface area contributed by atoms with Crippen LogP contribution in [0.3, 0.4) is 0 Å². The summed E-state index contributed by atoms with van der Waals surface area (Å²) >= 11 is 0. The maximum atomic E-state index is 12.5. The summed E-state index contributed by atoms with van der Waals surface area (Å²) < 4.78 is 27.4. The molecule has 0 saturated heterocycles. The number of nitrogens with zero attached hydrogens (tertiary/aromatic N) is 2. The van der Waals surface area contributed by atoms with Crippen molar-refractivity contribution in [2.24, 2.45) is 0 Å². The minimum absolute atomic E-state index is 0.137. The number of pyridine rings is 1. The van der Waals surface area contributed by atoms with Gasteiger partial charge in [0.25, 0.3) is 0 Å². The van der Waals surface area contributed by atoms with Crippen LogP contribution in [0.25, 0.3) is 10.9 Å². The number of nitriles is 1. The quantitative estimate of drug-likeness (QED) is 0.935. The van der Waals surface area contributed by atoms with Crippen molar-refractivity contribution in [1.82, 2.24) is 9.71 Å². The molecular weight excluding hydrogens is 274 g/mol. The van der Waals surface area contributed by atoms with Crippen LogP contribution in [0.2, 0.25) is 0 Å². The molecule has 1 aromatic carbocycles. The molecule has 1 aromatic heterocycles. The fourth-order valence-corrected chi connectivity index (χ4v) is 3.45. The summed E-state index contributed by atoms with van der Waals surface area (Å²) in [5.74, 6) is 0. The number of hydrogen-bond acceptors (Lipinski definition) is 4. The molecule has 1 N–H and O–H groups in total. The molecule has 0 amide bonds. The number of rotatable bonds is 4. The zero-order valence-corrected chi connectivity index (χ0v) is 12.1. The molecule has 2 rings (SSSR count). The molecule has 0 radical (unpaired) electrons. The summed E-state index contributed by atoms with van der Waals surface area (Å²) in [7, 11) is -3.78. The van der Waals surface area contributed by atoms with E-state index in [1.54, 1.807) is 44.3 Å². The summed E-state index contributed by atoms with van der Waals surface area (Å²) in [6.07, 6.45) is 1.99. The third-order valence-electron chi connectivity index (χ3n) is 3.21. The molecule has 1 atom stereocenters. The Morgan fingerprint density at radius 1 is 1.35 bits per heavy atom. The predicted molar refractivity (Wildman–Crippen MR) is 76.4 cm³/mol. The second kappa shape index (κ2) is 5.19. The first-order valence-electron chi connectivity index (χ1n) is 6.21. The van der Waals surface area contributed by atoms with Gasteiger partial charge in [0.1, 0.15) is 5.54 Å². The van der Waals surface area contributed by atoms with Gasteiger partial charge >= 0.3 is 0 Å². The highest BCUT2D eigenvalue weighted by molar-refractivity contribution is 7.89. The lowest BCUT2D eigenvalue weighted by molar-refractivity contribution is 0.495. The first-order chi connectivity index (χ1) is 9.42. The summed E-state index contributed by atoms with van der Waals surface area (Å²) in [6, 6.07) is 10.3. The number of aromatic nitrogens is 1. The molecule has 2 aromatic rings. The highest BCUT2D eigenvalue weighted by Gasteiger charge is 2.29. The van der Waals surface area contributed by atoms with Crippen LogP contribution in [0.1, 0.15) is 20.3 Å². The van der Waals surface area contributed by atoms with Gasteiger partial charge in [0.15, 0.2) is 0 Å². The van der Waals surface area contributed by atoms with Gasteiger partial charge in [0.05, 0.1) is 16.5 Å². The zero-order chi connectivity index (χ0) is 14.8. The molecule has 104 valence electrons. The Morgan fingerprint density at radius 2 is 2.10 bits per heavy atom. The van der Waals surface area contributed by atoms with Crippen molar-refractivity contribution in [3.05, 3.63) is 36.5 Å². The minimum Gasteiger partial charge on any atom is -0.256 e. The van der Waals surface area contributed by atoms with E-state index in [1.165, 1.54) is 6.07 Å². The molecule has 0 saturated carbocycles. The lowest BCUT2D eigenvalue weighted by atomic mass is 10.0. The van der Waals surface area contributed by atoms with Gasteiger partial charge in [0.2, 0.25) is 10.0 Å². The maximum Gasteiger partial charge on any atom is 0.242 e. The molecule has 6 heteroatoms. The van der Waals surface area contributed by atoms with Gasteiger partial charge in [-0.05, 0) is 37.6 Å². The Kier molecular flexibility index (Phi) is 3.75. The smallest absolute Gasteiger partial charge is 0.242 e. The lowest BCUT2D eigenvalue weighted by Gasteiger charge is -2.21. The SMILES string of the molecule is CCC(C)(C#N)NS(=O)(=O)c1cccc2ncccc12.